The van der Waals surface area contributed by atoms with Gasteiger partial charge in [0.1, 0.15) is 5.82 Å². The van der Waals surface area contributed by atoms with Crippen LogP contribution in [0, 0.1) is 0 Å². The van der Waals surface area contributed by atoms with Gasteiger partial charge in [0.25, 0.3) is 0 Å². The Morgan fingerprint density at radius 2 is 2.11 bits per heavy atom. The Morgan fingerprint density at radius 3 is 2.79 bits per heavy atom. The first-order valence-corrected chi connectivity index (χ1v) is 5.75. The zero-order chi connectivity index (χ0) is 13.9. The number of fused-ring (bicyclic) bond motifs is 1. The van der Waals surface area contributed by atoms with E-state index >= 15 is 0 Å². The van der Waals surface area contributed by atoms with Gasteiger partial charge in [-0.25, -0.2) is 0 Å². The topological polar surface area (TPSA) is 82.7 Å². The molecule has 0 N–H and O–H groups in total. The van der Waals surface area contributed by atoms with Crippen molar-refractivity contribution in [1.29, 1.82) is 0 Å². The van der Waals surface area contributed by atoms with Crippen LogP contribution in [0.2, 0.25) is 0 Å². The van der Waals surface area contributed by atoms with Crippen molar-refractivity contribution in [2.24, 2.45) is 5.11 Å². The average molecular weight is 275 g/mol. The first-order valence-electron chi connectivity index (χ1n) is 5.75. The smallest absolute Gasteiger partial charge is 0.305 e. The lowest BCUT2D eigenvalue weighted by Gasteiger charge is -2.27. The van der Waals surface area contributed by atoms with Crippen LogP contribution in [0.1, 0.15) is 18.1 Å². The van der Waals surface area contributed by atoms with E-state index in [1.165, 1.54) is 0 Å². The van der Waals surface area contributed by atoms with Gasteiger partial charge in [0.2, 0.25) is 5.82 Å². The van der Waals surface area contributed by atoms with Crippen molar-refractivity contribution in [3.05, 3.63) is 22.1 Å². The first kappa shape index (κ1) is 13.6. The van der Waals surface area contributed by atoms with Gasteiger partial charge in [-0.15, -0.1) is 10.2 Å². The Balaban J connectivity index is 1.97. The van der Waals surface area contributed by atoms with Crippen LogP contribution in [-0.2, 0) is 19.3 Å². The Kier molecular flexibility index (Phi) is 3.91. The first-order chi connectivity index (χ1) is 9.02. The Labute approximate surface area is 106 Å². The van der Waals surface area contributed by atoms with E-state index in [-0.39, 0.29) is 6.54 Å². The number of hydrogen-bond acceptors (Lipinski definition) is 4. The maximum absolute atomic E-state index is 12.6. The molecule has 10 heteroatoms. The van der Waals surface area contributed by atoms with Gasteiger partial charge in [0.05, 0.1) is 6.54 Å². The van der Waals surface area contributed by atoms with Crippen LogP contribution in [-0.4, -0.2) is 39.3 Å². The van der Waals surface area contributed by atoms with Crippen LogP contribution in [0.25, 0.3) is 10.4 Å². The number of rotatable bonds is 4. The van der Waals surface area contributed by atoms with E-state index in [1.807, 2.05) is 4.90 Å². The number of halogens is 3. The molecule has 0 spiro atoms. The second-order valence-corrected chi connectivity index (χ2v) is 4.17. The fourth-order valence-electron chi connectivity index (χ4n) is 2.02. The largest absolute Gasteiger partial charge is 0.451 e. The second-order valence-electron chi connectivity index (χ2n) is 4.17. The van der Waals surface area contributed by atoms with Crippen LogP contribution in [0.3, 0.4) is 0 Å². The number of alkyl halides is 3. The molecule has 1 aromatic rings. The van der Waals surface area contributed by atoms with Crippen LogP contribution >= 0.6 is 0 Å². The van der Waals surface area contributed by atoms with E-state index in [4.69, 9.17) is 5.53 Å². The van der Waals surface area contributed by atoms with Crippen molar-refractivity contribution in [2.45, 2.75) is 25.7 Å². The van der Waals surface area contributed by atoms with Crippen LogP contribution < -0.4 is 0 Å². The molecule has 0 amide bonds. The van der Waals surface area contributed by atoms with E-state index in [2.05, 4.69) is 20.2 Å². The molecule has 1 aliphatic rings. The second kappa shape index (κ2) is 5.45. The predicted molar refractivity (Wildman–Crippen MR) is 58.9 cm³/mol. The van der Waals surface area contributed by atoms with Crippen LogP contribution in [0.15, 0.2) is 5.11 Å². The summed E-state index contributed by atoms with van der Waals surface area (Å²) in [6.07, 6.45) is -3.79. The summed E-state index contributed by atoms with van der Waals surface area (Å²) < 4.78 is 38.9. The highest BCUT2D eigenvalue weighted by Crippen LogP contribution is 2.29. The highest BCUT2D eigenvalue weighted by molar-refractivity contribution is 5.02. The molecule has 0 unspecified atom stereocenters. The van der Waals surface area contributed by atoms with E-state index < -0.39 is 12.0 Å². The number of hydrogen-bond donors (Lipinski definition) is 0. The number of azide groups is 1. The highest BCUT2D eigenvalue weighted by Gasteiger charge is 2.39. The van der Waals surface area contributed by atoms with E-state index in [0.29, 0.717) is 38.4 Å². The zero-order valence-corrected chi connectivity index (χ0v) is 10.0. The quantitative estimate of drug-likeness (QED) is 0.363. The summed E-state index contributed by atoms with van der Waals surface area (Å²) in [7, 11) is 0. The summed E-state index contributed by atoms with van der Waals surface area (Å²) in [4.78, 5) is 4.61. The van der Waals surface area contributed by atoms with Crippen molar-refractivity contribution in [2.75, 3.05) is 19.6 Å². The van der Waals surface area contributed by atoms with Crippen molar-refractivity contribution in [1.82, 2.24) is 19.7 Å². The van der Waals surface area contributed by atoms with Gasteiger partial charge in [-0.2, -0.15) is 13.2 Å². The molecule has 0 saturated heterocycles. The van der Waals surface area contributed by atoms with Crippen molar-refractivity contribution < 1.29 is 13.2 Å². The lowest BCUT2D eigenvalue weighted by atomic mass is 10.3. The Bertz CT molecular complexity index is 488. The molecule has 2 heterocycles. The van der Waals surface area contributed by atoms with Crippen LogP contribution in [0.5, 0.6) is 0 Å². The summed E-state index contributed by atoms with van der Waals surface area (Å²) >= 11 is 0. The summed E-state index contributed by atoms with van der Waals surface area (Å²) in [5.74, 6) is -0.612. The molecule has 0 atom stereocenters. The van der Waals surface area contributed by atoms with Crippen LogP contribution in [0.4, 0.5) is 13.2 Å². The van der Waals surface area contributed by atoms with Crippen molar-refractivity contribution in [3.8, 4) is 0 Å². The molecule has 0 aromatic carbocycles. The molecular formula is C9H12F3N7. The Hall–Kier alpha value is -1.80. The molecule has 0 fully saturated rings. The summed E-state index contributed by atoms with van der Waals surface area (Å²) in [5, 5.41) is 10.2. The molecule has 1 aliphatic heterocycles. The number of aromatic nitrogens is 3. The highest BCUT2D eigenvalue weighted by atomic mass is 19.4. The van der Waals surface area contributed by atoms with Gasteiger partial charge < -0.3 is 4.57 Å². The van der Waals surface area contributed by atoms with Gasteiger partial charge in [0.15, 0.2) is 0 Å². The SMILES string of the molecule is [N-]=[N+]=NCCCN1CCn2c(nnc2C(F)(F)F)C1. The fraction of sp³-hybridized carbons (Fsp3) is 0.778. The monoisotopic (exact) mass is 275 g/mol. The third kappa shape index (κ3) is 3.15. The molecule has 1 aromatic heterocycles. The van der Waals surface area contributed by atoms with E-state index in [9.17, 15) is 13.2 Å². The minimum Gasteiger partial charge on any atom is -0.305 e. The maximum Gasteiger partial charge on any atom is 0.451 e. The fourth-order valence-corrected chi connectivity index (χ4v) is 2.02. The lowest BCUT2D eigenvalue weighted by molar-refractivity contribution is -0.148. The van der Waals surface area contributed by atoms with Crippen molar-refractivity contribution in [3.63, 3.8) is 0 Å². The van der Waals surface area contributed by atoms with Gasteiger partial charge in [0, 0.05) is 24.5 Å². The molecule has 0 saturated carbocycles. The van der Waals surface area contributed by atoms with Gasteiger partial charge in [-0.3, -0.25) is 4.90 Å². The van der Waals surface area contributed by atoms with Gasteiger partial charge in [-0.05, 0) is 18.5 Å². The summed E-state index contributed by atoms with van der Waals surface area (Å²) in [6.45, 7) is 2.10. The van der Waals surface area contributed by atoms with E-state index in [1.54, 1.807) is 0 Å². The number of nitrogens with zero attached hydrogens (tertiary/aromatic N) is 7. The predicted octanol–water partition coefficient (Wildman–Crippen LogP) is 1.81. The Morgan fingerprint density at radius 1 is 1.32 bits per heavy atom. The molecule has 0 bridgehead atoms. The zero-order valence-electron chi connectivity index (χ0n) is 10.0. The third-order valence-corrected chi connectivity index (χ3v) is 2.88. The van der Waals surface area contributed by atoms with Crippen molar-refractivity contribution >= 4 is 0 Å². The van der Waals surface area contributed by atoms with Gasteiger partial charge >= 0.3 is 6.18 Å². The molecule has 0 aliphatic carbocycles. The average Bonchev–Trinajstić information content (AvgIpc) is 2.77. The normalized spacial score (nSPS) is 15.9. The maximum atomic E-state index is 12.6. The minimum absolute atomic E-state index is 0.221. The molecular weight excluding hydrogens is 263 g/mol. The minimum atomic E-state index is -4.46. The third-order valence-electron chi connectivity index (χ3n) is 2.88. The molecule has 104 valence electrons. The lowest BCUT2D eigenvalue weighted by Crippen LogP contribution is -2.36. The summed E-state index contributed by atoms with van der Waals surface area (Å²) in [5.41, 5.74) is 8.13. The summed E-state index contributed by atoms with van der Waals surface area (Å²) in [6, 6.07) is 0. The van der Waals surface area contributed by atoms with E-state index in [0.717, 1.165) is 4.57 Å². The molecule has 0 radical (unpaired) electrons. The molecule has 19 heavy (non-hydrogen) atoms. The standard InChI is InChI=1S/C9H12F3N7/c10-9(11,12)8-16-15-7-6-18(4-5-19(7)8)3-1-2-14-17-13/h1-6H2. The van der Waals surface area contributed by atoms with Gasteiger partial charge in [-0.1, -0.05) is 5.11 Å². The molecule has 2 rings (SSSR count). The molecule has 7 nitrogen and oxygen atoms in total.